The van der Waals surface area contributed by atoms with E-state index in [0.29, 0.717) is 5.56 Å². The van der Waals surface area contributed by atoms with Crippen LogP contribution in [0.2, 0.25) is 0 Å². The molecule has 0 unspecified atom stereocenters. The summed E-state index contributed by atoms with van der Waals surface area (Å²) in [4.78, 5) is 24.8. The Bertz CT molecular complexity index is 6590. The first kappa shape index (κ1) is 102. The zero-order chi connectivity index (χ0) is 91.5. The van der Waals surface area contributed by atoms with Gasteiger partial charge in [-0.2, -0.15) is 141 Å². The molecule has 0 spiro atoms. The number of hydrogen-bond acceptors (Lipinski definition) is 12. The Morgan fingerprint density at radius 3 is 1.04 bits per heavy atom. The molecule has 0 saturated heterocycles. The number of alkyl halides is 3. The normalized spacial score (nSPS) is 12.1. The molecule has 0 bridgehead atoms. The van der Waals surface area contributed by atoms with Gasteiger partial charge in [-0.3, -0.25) is 0 Å². The predicted molar refractivity (Wildman–Crippen MR) is 527 cm³/mol. The number of benzene rings is 15. The van der Waals surface area contributed by atoms with Crippen LogP contribution in [-0.4, -0.2) is 58.3 Å². The molecular weight excluding hydrogens is 2430 g/mol. The minimum atomic E-state index is -4.44. The van der Waals surface area contributed by atoms with Gasteiger partial charge in [0.05, 0.1) is 0 Å². The molecule has 4 aliphatic heterocycles. The standard InChI is InChI=1S/2C20H16N2.2C16H14N2.C13H8N2.C10H5F3N2.C10H8N2.C9H6N2.4Pt/c2*1-21-15-22(20-10-6-5-9-19(20)21)18-13-11-17(12-14-18)16-7-3-2-4-8-16;2*1-17-11-12-18(13-17)16-9-7-15(8-10-16)14-5-3-2-4-6-14;1-2-6-10(7-3-1)13-11-8-4-5-9-12(11)14-15-13;11-10(12,13)9-6-8(14-15-9)7-4-2-1-3-5-7;1-8-7-10(12-11-8)9-5-3-2-4-6-9;1-2-4-8(5-3-1)9-10-6-7-11-9;;;;/h2*2-13,15H,1H3;2*2-9,11-13H,1H3;1-6,8-9H;1-4,6H;2-5,7H,1H3;1-4,6-7H;;;;/q8*-2;4*+4. The fourth-order valence-corrected chi connectivity index (χ4v) is 14.4. The number of aromatic nitrogens is 8. The summed E-state index contributed by atoms with van der Waals surface area (Å²) in [5.74, 6) is 0.741. The fourth-order valence-electron chi connectivity index (χ4n) is 14.4. The van der Waals surface area contributed by atoms with Crippen LogP contribution in [0, 0.1) is 82.1 Å². The Morgan fingerprint density at radius 1 is 0.321 bits per heavy atom. The largest absolute Gasteiger partial charge is 4.00 e. The van der Waals surface area contributed by atoms with Gasteiger partial charge in [0.25, 0.3) is 0 Å². The molecule has 15 aromatic carbocycles. The average molecular weight is 2520 g/mol. The van der Waals surface area contributed by atoms with Gasteiger partial charge >= 0.3 is 90.4 Å². The summed E-state index contributed by atoms with van der Waals surface area (Å²) >= 11 is 0. The number of nitrogens with zero attached hydrogens (tertiary/aromatic N) is 16. The number of rotatable bonds is 12. The molecule has 4 aromatic heterocycles. The number of imidazole rings is 1. The van der Waals surface area contributed by atoms with Crippen molar-refractivity contribution in [2.45, 2.75) is 13.1 Å². The van der Waals surface area contributed by atoms with E-state index >= 15 is 0 Å². The summed E-state index contributed by atoms with van der Waals surface area (Å²) in [7, 11) is 8.15. The molecule has 4 aliphatic rings. The predicted octanol–water partition coefficient (Wildman–Crippen LogP) is 25.2. The van der Waals surface area contributed by atoms with Gasteiger partial charge in [-0.1, -0.05) is 216 Å². The number of para-hydroxylation sites is 4. The minimum absolute atomic E-state index is 0. The minimum Gasteiger partial charge on any atom is -0.619 e. The van der Waals surface area contributed by atoms with Crippen LogP contribution >= 0.6 is 0 Å². The van der Waals surface area contributed by atoms with Crippen molar-refractivity contribution in [2.75, 3.05) is 57.6 Å². The summed E-state index contributed by atoms with van der Waals surface area (Å²) < 4.78 is 36.6. The van der Waals surface area contributed by atoms with Crippen molar-refractivity contribution in [3.8, 4) is 89.7 Å². The average Bonchev–Trinajstić information content (AvgIpc) is 1.64. The maximum Gasteiger partial charge on any atom is 4.00 e. The topological polar surface area (TPSA) is 134 Å². The first-order valence-corrected chi connectivity index (χ1v) is 42.7. The van der Waals surface area contributed by atoms with E-state index in [1.54, 1.807) is 36.7 Å². The molecular formula is C114H87F3N16Pt4. The zero-order valence-electron chi connectivity index (χ0n) is 74.6. The summed E-state index contributed by atoms with van der Waals surface area (Å²) in [5, 5.41) is 23.8. The molecule has 0 N–H and O–H groups in total. The number of fused-ring (bicyclic) bond motifs is 3. The van der Waals surface area contributed by atoms with Gasteiger partial charge in [-0.25, -0.2) is 11.4 Å². The Kier molecular flexibility index (Phi) is 37.5. The maximum absolute atomic E-state index is 12.2. The number of anilines is 8. The molecule has 23 rings (SSSR count). The molecule has 0 amide bonds. The van der Waals surface area contributed by atoms with E-state index < -0.39 is 11.9 Å². The first-order valence-electron chi connectivity index (χ1n) is 42.7. The van der Waals surface area contributed by atoms with Gasteiger partial charge in [0, 0.05) is 34.0 Å². The van der Waals surface area contributed by atoms with Crippen LogP contribution in [0.4, 0.5) is 58.7 Å². The maximum atomic E-state index is 12.2. The van der Waals surface area contributed by atoms with Gasteiger partial charge in [-0.15, -0.1) is 196 Å². The monoisotopic (exact) mass is 2520 g/mol. The molecule has 0 saturated carbocycles. The Labute approximate surface area is 857 Å². The Morgan fingerprint density at radius 2 is 0.686 bits per heavy atom. The molecule has 19 aromatic rings. The second-order valence-electron chi connectivity index (χ2n) is 30.5. The molecule has 0 aliphatic carbocycles. The first-order chi connectivity index (χ1) is 65.2. The van der Waals surface area contributed by atoms with Gasteiger partial charge in [0.2, 0.25) is 0 Å². The van der Waals surface area contributed by atoms with E-state index in [1.807, 2.05) is 208 Å². The van der Waals surface area contributed by atoms with Gasteiger partial charge in [-0.05, 0) is 90.2 Å². The van der Waals surface area contributed by atoms with Crippen molar-refractivity contribution in [1.82, 2.24) is 50.4 Å². The summed E-state index contributed by atoms with van der Waals surface area (Å²) in [6.07, 6.45) is 6.98. The molecule has 137 heavy (non-hydrogen) atoms. The van der Waals surface area contributed by atoms with Crippen LogP contribution < -0.4 is 49.7 Å². The molecule has 16 nitrogen and oxygen atoms in total. The molecule has 8 heterocycles. The second kappa shape index (κ2) is 50.4. The fraction of sp³-hybridized carbons (Fsp3) is 0.0526. The smallest absolute Gasteiger partial charge is 0.619 e. The van der Waals surface area contributed by atoms with Crippen LogP contribution in [0.3, 0.4) is 0 Å². The van der Waals surface area contributed by atoms with E-state index in [9.17, 15) is 13.2 Å². The van der Waals surface area contributed by atoms with Crippen molar-refractivity contribution < 1.29 is 97.4 Å². The van der Waals surface area contributed by atoms with E-state index in [-0.39, 0.29) is 90.0 Å². The molecule has 23 heteroatoms. The summed E-state index contributed by atoms with van der Waals surface area (Å²) in [6.45, 7) is 10.2. The van der Waals surface area contributed by atoms with Crippen molar-refractivity contribution in [2.24, 2.45) is 0 Å². The van der Waals surface area contributed by atoms with Crippen LogP contribution in [0.25, 0.3) is 101 Å². The van der Waals surface area contributed by atoms with Crippen molar-refractivity contribution in [3.05, 3.63) is 500 Å². The van der Waals surface area contributed by atoms with Crippen molar-refractivity contribution >= 4 is 56.4 Å². The van der Waals surface area contributed by atoms with Crippen molar-refractivity contribution in [1.29, 1.82) is 0 Å². The molecule has 684 valence electrons. The van der Waals surface area contributed by atoms with E-state index in [1.165, 1.54) is 67.3 Å². The summed E-state index contributed by atoms with van der Waals surface area (Å²) in [5.41, 5.74) is 25.0. The van der Waals surface area contributed by atoms with Gasteiger partial charge < -0.3 is 79.8 Å². The molecule has 0 atom stereocenters. The zero-order valence-corrected chi connectivity index (χ0v) is 83.7. The van der Waals surface area contributed by atoms with E-state index in [2.05, 4.69) is 352 Å². The van der Waals surface area contributed by atoms with Gasteiger partial charge in [0.15, 0.2) is 0 Å². The number of hydrogen-bond donors (Lipinski definition) is 0. The number of aryl methyl sites for hydroxylation is 1. The molecule has 0 radical (unpaired) electrons. The van der Waals surface area contributed by atoms with E-state index in [4.69, 9.17) is 0 Å². The van der Waals surface area contributed by atoms with E-state index in [0.717, 1.165) is 79.3 Å². The number of halogens is 3. The third-order valence-electron chi connectivity index (χ3n) is 21.1. The van der Waals surface area contributed by atoms with Crippen molar-refractivity contribution in [3.63, 3.8) is 0 Å². The SMILES string of the molecule is CN1C=CN(c2[c-]cc(-c3ccccc3)cc2)[CH-]1.CN1C=CN(c2[c-]cc(-c3ccccc3)cc2)[CH-]1.CN1[CH-]N(c2[c-]cc(-c3ccccc3)cc2)c2ccccc21.CN1[CH-]N(c2[c-]cc(-c3ccccc3)cc2)c2ccccc21.Cc1cc(-c2[c-]cccc2)[n-]n1.FC(F)(F)c1cc(-c2[c-]cccc2)[n-]n1.[Pt+4].[Pt+4].[Pt+4].[Pt+4].[c-]1ccccc1-c1[n-]nc2ccccc12.[c-]1ccccc1-c1ncc[n-]1. The Balaban J connectivity index is 0.000000141. The summed E-state index contributed by atoms with van der Waals surface area (Å²) in [6, 6.07) is 150. The van der Waals surface area contributed by atoms with Crippen LogP contribution in [0.5, 0.6) is 0 Å². The van der Waals surface area contributed by atoms with Crippen LogP contribution in [-0.2, 0) is 90.4 Å². The second-order valence-corrected chi connectivity index (χ2v) is 30.5. The molecule has 0 fully saturated rings. The van der Waals surface area contributed by atoms with Crippen LogP contribution in [0.1, 0.15) is 11.4 Å². The third kappa shape index (κ3) is 27.4. The quantitative estimate of drug-likeness (QED) is 0.107. The third-order valence-corrected chi connectivity index (χ3v) is 21.1. The van der Waals surface area contributed by atoms with Gasteiger partial charge in [0.1, 0.15) is 5.69 Å². The Hall–Kier alpha value is -14.2. The van der Waals surface area contributed by atoms with Crippen LogP contribution in [0.15, 0.2) is 413 Å².